The van der Waals surface area contributed by atoms with Crippen LogP contribution in [-0.2, 0) is 33.8 Å². The fraction of sp³-hybridized carbons (Fsp3) is 0.333. The Morgan fingerprint density at radius 1 is 0.804 bits per heavy atom. The molecule has 1 aromatic heterocycles. The van der Waals surface area contributed by atoms with Crippen LogP contribution in [0.5, 0.6) is 0 Å². The Bertz CT molecular complexity index is 1490. The molecular formula is C33H39N7O5S. The molecule has 4 aromatic rings. The Morgan fingerprint density at radius 2 is 1.39 bits per heavy atom. The molecule has 0 aliphatic rings. The van der Waals surface area contributed by atoms with E-state index < -0.39 is 42.1 Å². The Hall–Kier alpha value is -4.75. The summed E-state index contributed by atoms with van der Waals surface area (Å²) in [5, 5.41) is 33.7. The number of tetrazole rings is 1. The van der Waals surface area contributed by atoms with Gasteiger partial charge in [0.15, 0.2) is 0 Å². The molecule has 4 rings (SSSR count). The number of amides is 3. The van der Waals surface area contributed by atoms with Gasteiger partial charge < -0.3 is 25.8 Å². The molecule has 12 nitrogen and oxygen atoms in total. The number of thioether (sulfide) groups is 1. The van der Waals surface area contributed by atoms with E-state index >= 15 is 0 Å². The van der Waals surface area contributed by atoms with Crippen molar-refractivity contribution < 1.29 is 24.2 Å². The van der Waals surface area contributed by atoms with Gasteiger partial charge >= 0.3 is 6.09 Å². The zero-order valence-electron chi connectivity index (χ0n) is 25.7. The summed E-state index contributed by atoms with van der Waals surface area (Å²) in [6.45, 7) is 3.67. The maximum absolute atomic E-state index is 13.7. The van der Waals surface area contributed by atoms with Crippen LogP contribution < -0.4 is 16.0 Å². The lowest BCUT2D eigenvalue weighted by molar-refractivity contribution is -0.131. The smallest absolute Gasteiger partial charge is 0.408 e. The highest BCUT2D eigenvalue weighted by molar-refractivity contribution is 7.99. The predicted molar refractivity (Wildman–Crippen MR) is 173 cm³/mol. The number of hydrogen-bond acceptors (Lipinski definition) is 9. The van der Waals surface area contributed by atoms with Crippen LogP contribution >= 0.6 is 11.8 Å². The number of rotatable bonds is 16. The van der Waals surface area contributed by atoms with E-state index in [1.807, 2.05) is 105 Å². The molecule has 1 heterocycles. The lowest BCUT2D eigenvalue weighted by atomic mass is 9.98. The first-order chi connectivity index (χ1) is 22.3. The molecule has 3 amide bonds. The number of alkyl carbamates (subject to hydrolysis) is 1. The third-order valence-corrected chi connectivity index (χ3v) is 8.09. The normalized spacial score (nSPS) is 13.7. The molecular weight excluding hydrogens is 606 g/mol. The minimum atomic E-state index is -1.02. The summed E-state index contributed by atoms with van der Waals surface area (Å²) in [5.74, 6) is -1.11. The Morgan fingerprint density at radius 3 is 1.96 bits per heavy atom. The van der Waals surface area contributed by atoms with Crippen molar-refractivity contribution in [2.45, 2.75) is 62.7 Å². The number of aromatic amines is 1. The third kappa shape index (κ3) is 11.0. The quantitative estimate of drug-likeness (QED) is 0.115. The first kappa shape index (κ1) is 34.1. The third-order valence-electron chi connectivity index (χ3n) is 7.15. The number of nitrogens with zero attached hydrogens (tertiary/aromatic N) is 3. The summed E-state index contributed by atoms with van der Waals surface area (Å²) in [5.41, 5.74) is 2.55. The zero-order chi connectivity index (χ0) is 32.7. The predicted octanol–water partition coefficient (Wildman–Crippen LogP) is 3.06. The average molecular weight is 646 g/mol. The molecule has 0 fully saturated rings. The summed E-state index contributed by atoms with van der Waals surface area (Å²) >= 11 is 1.20. The van der Waals surface area contributed by atoms with Gasteiger partial charge in [0.2, 0.25) is 17.0 Å². The van der Waals surface area contributed by atoms with Crippen molar-refractivity contribution in [3.63, 3.8) is 0 Å². The van der Waals surface area contributed by atoms with Crippen molar-refractivity contribution in [3.8, 4) is 0 Å². The molecule has 0 aliphatic heterocycles. The zero-order valence-corrected chi connectivity index (χ0v) is 26.5. The van der Waals surface area contributed by atoms with E-state index in [1.165, 1.54) is 11.8 Å². The van der Waals surface area contributed by atoms with E-state index in [9.17, 15) is 19.5 Å². The average Bonchev–Trinajstić information content (AvgIpc) is 3.59. The first-order valence-corrected chi connectivity index (χ1v) is 16.0. The SMILES string of the molecule is CC(C)[C@H](NC(=O)[C@H](Cc1ccccc1)NC(=O)OCc1ccccc1)C(=O)N[C@@H](Cc1ccccc1)C(O)CSc1nn[nH]n1. The Balaban J connectivity index is 1.45. The van der Waals surface area contributed by atoms with Crippen molar-refractivity contribution in [3.05, 3.63) is 108 Å². The molecule has 46 heavy (non-hydrogen) atoms. The van der Waals surface area contributed by atoms with Gasteiger partial charge in [0.05, 0.1) is 12.1 Å². The fourth-order valence-corrected chi connectivity index (χ4v) is 5.42. The Kier molecular flexibility index (Phi) is 13.1. The van der Waals surface area contributed by atoms with E-state index in [0.29, 0.717) is 11.6 Å². The van der Waals surface area contributed by atoms with Gasteiger partial charge in [-0.1, -0.05) is 117 Å². The monoisotopic (exact) mass is 645 g/mol. The van der Waals surface area contributed by atoms with E-state index in [1.54, 1.807) is 0 Å². The number of aliphatic hydroxyl groups is 1. The molecule has 13 heteroatoms. The van der Waals surface area contributed by atoms with Gasteiger partial charge in [-0.05, 0) is 34.2 Å². The van der Waals surface area contributed by atoms with E-state index in [0.717, 1.165) is 16.7 Å². The summed E-state index contributed by atoms with van der Waals surface area (Å²) in [6.07, 6.45) is -1.19. The van der Waals surface area contributed by atoms with Gasteiger partial charge in [-0.3, -0.25) is 9.59 Å². The second-order valence-electron chi connectivity index (χ2n) is 11.1. The molecule has 0 saturated heterocycles. The molecule has 0 saturated carbocycles. The lowest BCUT2D eigenvalue weighted by Gasteiger charge is -2.29. The molecule has 5 N–H and O–H groups in total. The standard InChI is InChI=1S/C33H39N7O5S/c1-22(2)29(31(43)34-26(18-23-12-6-3-7-13-23)28(41)21-46-32-37-39-40-38-32)36-30(42)27(19-24-14-8-4-9-15-24)35-33(44)45-20-25-16-10-5-11-17-25/h3-17,22,26-29,41H,18-21H2,1-2H3,(H,34,43)(H,35,44)(H,36,42)(H,37,38,39,40)/t26-,27-,28?,29-/m0/s1. The molecule has 0 radical (unpaired) electrons. The van der Waals surface area contributed by atoms with Crippen LogP contribution in [0.4, 0.5) is 4.79 Å². The molecule has 3 aromatic carbocycles. The van der Waals surface area contributed by atoms with Gasteiger partial charge in [0, 0.05) is 12.2 Å². The topological polar surface area (TPSA) is 171 Å². The fourth-order valence-electron chi connectivity index (χ4n) is 4.67. The minimum Gasteiger partial charge on any atom is -0.445 e. The number of H-pyrrole nitrogens is 1. The lowest BCUT2D eigenvalue weighted by Crippen LogP contribution is -2.58. The van der Waals surface area contributed by atoms with Crippen molar-refractivity contribution in [1.82, 2.24) is 36.6 Å². The van der Waals surface area contributed by atoms with Crippen LogP contribution in [0.1, 0.15) is 30.5 Å². The van der Waals surface area contributed by atoms with E-state index in [4.69, 9.17) is 4.74 Å². The Labute approximate surface area is 272 Å². The number of carbonyl (C=O) groups is 3. The molecule has 1 unspecified atom stereocenters. The summed E-state index contributed by atoms with van der Waals surface area (Å²) in [4.78, 5) is 40.2. The van der Waals surface area contributed by atoms with Crippen molar-refractivity contribution in [2.24, 2.45) is 5.92 Å². The van der Waals surface area contributed by atoms with Crippen LogP contribution in [0.2, 0.25) is 0 Å². The van der Waals surface area contributed by atoms with Crippen LogP contribution in [-0.4, -0.2) is 73.6 Å². The van der Waals surface area contributed by atoms with Crippen molar-refractivity contribution >= 4 is 29.7 Å². The summed E-state index contributed by atoms with van der Waals surface area (Å²) in [6, 6.07) is 25.3. The maximum Gasteiger partial charge on any atom is 0.408 e. The molecule has 0 spiro atoms. The number of aliphatic hydroxyl groups excluding tert-OH is 1. The number of carbonyl (C=O) groups excluding carboxylic acids is 3. The first-order valence-electron chi connectivity index (χ1n) is 15.0. The number of benzene rings is 3. The summed E-state index contributed by atoms with van der Waals surface area (Å²) in [7, 11) is 0. The number of nitrogens with one attached hydrogen (secondary N) is 4. The number of hydrogen-bond donors (Lipinski definition) is 5. The van der Waals surface area contributed by atoms with Gasteiger partial charge in [-0.15, -0.1) is 10.2 Å². The van der Waals surface area contributed by atoms with Gasteiger partial charge in [0.1, 0.15) is 18.7 Å². The highest BCUT2D eigenvalue weighted by Gasteiger charge is 2.32. The van der Waals surface area contributed by atoms with Crippen LogP contribution in [0, 0.1) is 5.92 Å². The minimum absolute atomic E-state index is 0.0412. The van der Waals surface area contributed by atoms with Crippen molar-refractivity contribution in [1.29, 1.82) is 0 Å². The van der Waals surface area contributed by atoms with Crippen LogP contribution in [0.3, 0.4) is 0 Å². The van der Waals surface area contributed by atoms with E-state index in [2.05, 4.69) is 36.6 Å². The number of aromatic nitrogens is 4. The van der Waals surface area contributed by atoms with Gasteiger partial charge in [-0.25, -0.2) is 4.79 Å². The number of ether oxygens (including phenoxy) is 1. The maximum atomic E-state index is 13.7. The molecule has 0 aliphatic carbocycles. The largest absolute Gasteiger partial charge is 0.445 e. The van der Waals surface area contributed by atoms with Crippen molar-refractivity contribution in [2.75, 3.05) is 5.75 Å². The van der Waals surface area contributed by atoms with Gasteiger partial charge in [-0.2, -0.15) is 5.21 Å². The van der Waals surface area contributed by atoms with Crippen LogP contribution in [0.25, 0.3) is 0 Å². The molecule has 242 valence electrons. The molecule has 0 bridgehead atoms. The highest BCUT2D eigenvalue weighted by atomic mass is 32.2. The van der Waals surface area contributed by atoms with Gasteiger partial charge in [0.25, 0.3) is 0 Å². The second-order valence-corrected chi connectivity index (χ2v) is 12.0. The summed E-state index contributed by atoms with van der Waals surface area (Å²) < 4.78 is 5.38. The molecule has 4 atom stereocenters. The van der Waals surface area contributed by atoms with E-state index in [-0.39, 0.29) is 24.7 Å². The second kappa shape index (κ2) is 17.7. The highest BCUT2D eigenvalue weighted by Crippen LogP contribution is 2.16. The van der Waals surface area contributed by atoms with Crippen LogP contribution in [0.15, 0.2) is 96.2 Å².